The largest absolute Gasteiger partial charge is 0.453 e. The second-order valence-corrected chi connectivity index (χ2v) is 14.3. The first-order valence-electron chi connectivity index (χ1n) is 18.9. The first-order chi connectivity index (χ1) is 27.3. The molecule has 13 heteroatoms. The van der Waals surface area contributed by atoms with Crippen LogP contribution in [0.1, 0.15) is 55.1 Å². The number of carbonyl (C=O) groups is 3. The van der Waals surface area contributed by atoms with Crippen molar-refractivity contribution in [3.63, 3.8) is 0 Å². The number of nitrogens with zero attached hydrogens (tertiary/aromatic N) is 4. The lowest BCUT2D eigenvalue weighted by atomic mass is 9.98. The number of aromatic amines is 2. The van der Waals surface area contributed by atoms with Crippen molar-refractivity contribution in [1.29, 1.82) is 0 Å². The van der Waals surface area contributed by atoms with Crippen molar-refractivity contribution in [3.8, 4) is 33.6 Å². The molecule has 2 aromatic heterocycles. The van der Waals surface area contributed by atoms with Gasteiger partial charge >= 0.3 is 6.09 Å². The highest BCUT2D eigenvalue weighted by Gasteiger charge is 2.36. The van der Waals surface area contributed by atoms with Crippen LogP contribution in [0.5, 0.6) is 0 Å². The number of alkyl carbamates (subject to hydrolysis) is 1. The summed E-state index contributed by atoms with van der Waals surface area (Å²) < 4.78 is 10.4. The van der Waals surface area contributed by atoms with Gasteiger partial charge in [-0.3, -0.25) is 9.59 Å². The number of hydrogen-bond donors (Lipinski definition) is 4. The lowest BCUT2D eigenvalue weighted by Gasteiger charge is -2.36. The summed E-state index contributed by atoms with van der Waals surface area (Å²) in [6.07, 6.45) is 4.61. The fraction of sp³-hybridized carbons (Fsp3) is 0.279. The molecular weight excluding hydrogens is 709 g/mol. The highest BCUT2D eigenvalue weighted by atomic mass is 16.5. The van der Waals surface area contributed by atoms with Crippen molar-refractivity contribution in [1.82, 2.24) is 35.1 Å². The molecule has 0 saturated carbocycles. The first kappa shape index (κ1) is 36.7. The van der Waals surface area contributed by atoms with E-state index in [1.807, 2.05) is 36.5 Å². The molecule has 4 aromatic carbocycles. The molecule has 2 saturated heterocycles. The van der Waals surface area contributed by atoms with Gasteiger partial charge in [-0.25, -0.2) is 14.8 Å². The number of amides is 3. The summed E-state index contributed by atoms with van der Waals surface area (Å²) in [5.41, 5.74) is 13.0. The molecule has 4 atom stereocenters. The standard InChI is InChI=1S/C43H44N8O5/c1-26(47-43(54)55-2)41(52)50-18-6-9-36(50)39-45-24-35(49-39)33-17-16-31-21-30(14-15-32(31)22-33)27-10-12-28(13-11-27)34-23-46-40(48-34)37-25-56-20-19-51(37)42(53)38(44)29-7-4-3-5-8-29/h3-5,7-8,10-17,21-24,26,36-38H,6,9,18-20,25,44H2,1-2H3,(H,45,49)(H,46,48)(H,47,54)/t26-,36-,37-,38+/m0/s1. The molecule has 4 heterocycles. The van der Waals surface area contributed by atoms with E-state index in [0.717, 1.165) is 68.6 Å². The number of H-pyrrole nitrogens is 2. The van der Waals surface area contributed by atoms with Gasteiger partial charge in [0.15, 0.2) is 0 Å². The Kier molecular flexibility index (Phi) is 10.3. The average Bonchev–Trinajstić information content (AvgIpc) is 4.05. The van der Waals surface area contributed by atoms with Crippen molar-refractivity contribution < 1.29 is 23.9 Å². The fourth-order valence-corrected chi connectivity index (χ4v) is 7.68. The molecule has 0 radical (unpaired) electrons. The number of morpholine rings is 1. The Morgan fingerprint density at radius 3 is 2.11 bits per heavy atom. The Balaban J connectivity index is 0.943. The summed E-state index contributed by atoms with van der Waals surface area (Å²) in [5, 5.41) is 4.76. The third-order valence-corrected chi connectivity index (χ3v) is 10.8. The maximum Gasteiger partial charge on any atom is 0.407 e. The zero-order chi connectivity index (χ0) is 38.8. The minimum atomic E-state index is -0.761. The van der Waals surface area contributed by atoms with E-state index in [1.165, 1.54) is 7.11 Å². The SMILES string of the molecule is COC(=O)N[C@@H](C)C(=O)N1CCC[C@H]1c1ncc(-c2ccc3cc(-c4ccc(-c5cnc([C@@H]6COCCN6C(=O)[C@H](N)c6ccccc6)[nH]5)cc4)ccc3c2)[nH]1. The quantitative estimate of drug-likeness (QED) is 0.133. The van der Waals surface area contributed by atoms with E-state index in [2.05, 4.69) is 90.7 Å². The molecule has 2 fully saturated rings. The molecule has 286 valence electrons. The second-order valence-electron chi connectivity index (χ2n) is 14.3. The van der Waals surface area contributed by atoms with Crippen LogP contribution in [0, 0.1) is 0 Å². The molecule has 0 aliphatic carbocycles. The van der Waals surface area contributed by atoms with Crippen molar-refractivity contribution in [2.24, 2.45) is 5.73 Å². The summed E-state index contributed by atoms with van der Waals surface area (Å²) in [6.45, 7) is 3.48. The van der Waals surface area contributed by atoms with Gasteiger partial charge < -0.3 is 40.3 Å². The number of fused-ring (bicyclic) bond motifs is 1. The zero-order valence-electron chi connectivity index (χ0n) is 31.3. The van der Waals surface area contributed by atoms with Crippen LogP contribution in [0.15, 0.2) is 103 Å². The van der Waals surface area contributed by atoms with Crippen LogP contribution in [0.25, 0.3) is 44.4 Å². The maximum absolute atomic E-state index is 13.5. The van der Waals surface area contributed by atoms with Gasteiger partial charge in [0.25, 0.3) is 0 Å². The first-order valence-corrected chi connectivity index (χ1v) is 18.9. The summed E-state index contributed by atoms with van der Waals surface area (Å²) in [4.78, 5) is 58.1. The molecule has 8 rings (SSSR count). The monoisotopic (exact) mass is 752 g/mol. The number of aromatic nitrogens is 4. The van der Waals surface area contributed by atoms with Gasteiger partial charge in [-0.2, -0.15) is 0 Å². The van der Waals surface area contributed by atoms with E-state index in [-0.39, 0.29) is 23.9 Å². The van der Waals surface area contributed by atoms with Gasteiger partial charge in [0, 0.05) is 18.7 Å². The Labute approximate surface area is 324 Å². The predicted molar refractivity (Wildman–Crippen MR) is 212 cm³/mol. The third kappa shape index (κ3) is 7.38. The van der Waals surface area contributed by atoms with Crippen LogP contribution in [0.4, 0.5) is 4.79 Å². The van der Waals surface area contributed by atoms with Crippen LogP contribution >= 0.6 is 0 Å². The van der Waals surface area contributed by atoms with Gasteiger partial charge in [-0.15, -0.1) is 0 Å². The number of nitrogens with two attached hydrogens (primary N) is 1. The van der Waals surface area contributed by atoms with Crippen molar-refractivity contribution in [2.45, 2.75) is 43.9 Å². The molecule has 2 aliphatic rings. The number of nitrogens with one attached hydrogen (secondary N) is 3. The molecular formula is C43H44N8O5. The average molecular weight is 753 g/mol. The minimum absolute atomic E-state index is 0.155. The van der Waals surface area contributed by atoms with Crippen LogP contribution < -0.4 is 11.1 Å². The molecule has 2 aliphatic heterocycles. The van der Waals surface area contributed by atoms with E-state index < -0.39 is 18.2 Å². The molecule has 0 unspecified atom stereocenters. The van der Waals surface area contributed by atoms with E-state index in [9.17, 15) is 14.4 Å². The minimum Gasteiger partial charge on any atom is -0.453 e. The summed E-state index contributed by atoms with van der Waals surface area (Å²) >= 11 is 0. The molecule has 5 N–H and O–H groups in total. The predicted octanol–water partition coefficient (Wildman–Crippen LogP) is 6.29. The van der Waals surface area contributed by atoms with Crippen LogP contribution in [-0.4, -0.2) is 87.1 Å². The van der Waals surface area contributed by atoms with E-state index in [0.29, 0.717) is 32.1 Å². The topological polar surface area (TPSA) is 172 Å². The number of hydrogen-bond acceptors (Lipinski definition) is 8. The number of likely N-dealkylation sites (tertiary alicyclic amines) is 1. The van der Waals surface area contributed by atoms with Gasteiger partial charge in [-0.1, -0.05) is 78.9 Å². The Morgan fingerprint density at radius 1 is 0.786 bits per heavy atom. The van der Waals surface area contributed by atoms with Crippen LogP contribution in [0.3, 0.4) is 0 Å². The molecule has 0 bridgehead atoms. The number of carbonyl (C=O) groups excluding carboxylic acids is 3. The lowest BCUT2D eigenvalue weighted by Crippen LogP contribution is -2.47. The lowest BCUT2D eigenvalue weighted by molar-refractivity contribution is -0.142. The fourth-order valence-electron chi connectivity index (χ4n) is 7.68. The van der Waals surface area contributed by atoms with Crippen molar-refractivity contribution in [3.05, 3.63) is 121 Å². The zero-order valence-corrected chi connectivity index (χ0v) is 31.3. The van der Waals surface area contributed by atoms with Crippen LogP contribution in [0.2, 0.25) is 0 Å². The number of ether oxygens (including phenoxy) is 2. The number of methoxy groups -OCH3 is 1. The number of rotatable bonds is 9. The van der Waals surface area contributed by atoms with E-state index in [4.69, 9.17) is 10.5 Å². The third-order valence-electron chi connectivity index (χ3n) is 10.8. The van der Waals surface area contributed by atoms with Crippen molar-refractivity contribution in [2.75, 3.05) is 33.4 Å². The molecule has 56 heavy (non-hydrogen) atoms. The highest BCUT2D eigenvalue weighted by molar-refractivity contribution is 5.91. The van der Waals surface area contributed by atoms with Gasteiger partial charge in [-0.05, 0) is 64.9 Å². The highest BCUT2D eigenvalue weighted by Crippen LogP contribution is 2.34. The van der Waals surface area contributed by atoms with E-state index in [1.54, 1.807) is 22.9 Å². The van der Waals surface area contributed by atoms with Crippen LogP contribution in [-0.2, 0) is 19.1 Å². The summed E-state index contributed by atoms with van der Waals surface area (Å²) in [7, 11) is 1.28. The van der Waals surface area contributed by atoms with Gasteiger partial charge in [0.05, 0.1) is 50.1 Å². The Morgan fingerprint density at radius 2 is 1.39 bits per heavy atom. The maximum atomic E-state index is 13.5. The van der Waals surface area contributed by atoms with Crippen molar-refractivity contribution >= 4 is 28.7 Å². The molecule has 3 amide bonds. The normalized spacial score (nSPS) is 18.1. The number of benzene rings is 4. The number of imidazole rings is 2. The molecule has 0 spiro atoms. The second kappa shape index (κ2) is 15.8. The van der Waals surface area contributed by atoms with Gasteiger partial charge in [0.1, 0.15) is 29.8 Å². The van der Waals surface area contributed by atoms with Gasteiger partial charge in [0.2, 0.25) is 11.8 Å². The molecule has 13 nitrogen and oxygen atoms in total. The smallest absolute Gasteiger partial charge is 0.407 e. The Bertz CT molecular complexity index is 2360. The Hall–Kier alpha value is -6.31. The summed E-state index contributed by atoms with van der Waals surface area (Å²) in [5.74, 6) is 1.06. The summed E-state index contributed by atoms with van der Waals surface area (Å²) in [6, 6.07) is 28.4. The molecule has 6 aromatic rings. The van der Waals surface area contributed by atoms with E-state index >= 15 is 0 Å².